The number of carboxylic acids is 1. The minimum Gasteiger partial charge on any atom is -0.504 e. The van der Waals surface area contributed by atoms with E-state index in [-0.39, 0.29) is 17.9 Å². The van der Waals surface area contributed by atoms with Crippen LogP contribution in [0.3, 0.4) is 0 Å². The van der Waals surface area contributed by atoms with Crippen LogP contribution in [0.5, 0.6) is 11.5 Å². The SMILES string of the molecule is CC(=O)OC1CCCCC1C(=O)N[C@@H](Cc1ccc(OC(=O)C2CCCCC2OC(C)=O)c(O)c1)C(=O)O. The van der Waals surface area contributed by atoms with Gasteiger partial charge in [-0.25, -0.2) is 4.79 Å². The number of rotatable bonds is 9. The maximum atomic E-state index is 12.9. The predicted octanol–water partition coefficient (Wildman–Crippen LogP) is 2.65. The van der Waals surface area contributed by atoms with E-state index in [1.54, 1.807) is 0 Å². The van der Waals surface area contributed by atoms with Crippen LogP contribution in [0.25, 0.3) is 0 Å². The second-order valence-electron chi connectivity index (χ2n) is 9.90. The second-order valence-corrected chi connectivity index (χ2v) is 9.90. The smallest absolute Gasteiger partial charge is 0.326 e. The Hall–Kier alpha value is -3.63. The molecular weight excluding hydrogens is 498 g/mol. The van der Waals surface area contributed by atoms with Crippen molar-refractivity contribution in [3.8, 4) is 11.5 Å². The number of hydrogen-bond acceptors (Lipinski definition) is 9. The summed E-state index contributed by atoms with van der Waals surface area (Å²) in [6.07, 6.45) is 3.94. The maximum Gasteiger partial charge on any atom is 0.326 e. The number of carbonyl (C=O) groups is 5. The van der Waals surface area contributed by atoms with Crippen LogP contribution in [-0.4, -0.2) is 58.2 Å². The van der Waals surface area contributed by atoms with Crippen LogP contribution < -0.4 is 10.1 Å². The molecule has 38 heavy (non-hydrogen) atoms. The maximum absolute atomic E-state index is 12.9. The third-order valence-electron chi connectivity index (χ3n) is 6.97. The zero-order valence-corrected chi connectivity index (χ0v) is 21.6. The van der Waals surface area contributed by atoms with Crippen molar-refractivity contribution in [1.82, 2.24) is 5.32 Å². The van der Waals surface area contributed by atoms with Gasteiger partial charge in [-0.2, -0.15) is 0 Å². The molecule has 3 rings (SSSR count). The molecule has 0 bridgehead atoms. The molecule has 5 atom stereocenters. The summed E-state index contributed by atoms with van der Waals surface area (Å²) in [6.45, 7) is 2.55. The van der Waals surface area contributed by atoms with Gasteiger partial charge in [-0.15, -0.1) is 0 Å². The highest BCUT2D eigenvalue weighted by atomic mass is 16.6. The first-order chi connectivity index (χ1) is 18.0. The van der Waals surface area contributed by atoms with Crippen molar-refractivity contribution in [2.45, 2.75) is 89.9 Å². The molecule has 2 aliphatic rings. The first-order valence-electron chi connectivity index (χ1n) is 13.0. The number of carbonyl (C=O) groups excluding carboxylic acids is 4. The fraction of sp³-hybridized carbons (Fsp3) is 0.593. The molecular formula is C27H35NO10. The van der Waals surface area contributed by atoms with E-state index < -0.39 is 59.9 Å². The molecule has 0 spiro atoms. The number of aromatic hydroxyl groups is 1. The Kier molecular flexibility index (Phi) is 10.1. The van der Waals surface area contributed by atoms with Gasteiger partial charge in [0.25, 0.3) is 0 Å². The molecule has 0 radical (unpaired) electrons. The molecule has 0 saturated heterocycles. The number of carboxylic acid groups (broad SMARTS) is 1. The van der Waals surface area contributed by atoms with Crippen LogP contribution in [-0.2, 0) is 39.9 Å². The monoisotopic (exact) mass is 533 g/mol. The van der Waals surface area contributed by atoms with Crippen LogP contribution in [0.4, 0.5) is 0 Å². The minimum absolute atomic E-state index is 0.103. The molecule has 1 aromatic rings. The van der Waals surface area contributed by atoms with Crippen molar-refractivity contribution in [3.63, 3.8) is 0 Å². The molecule has 208 valence electrons. The average molecular weight is 534 g/mol. The van der Waals surface area contributed by atoms with Gasteiger partial charge >= 0.3 is 23.9 Å². The van der Waals surface area contributed by atoms with E-state index >= 15 is 0 Å². The summed E-state index contributed by atoms with van der Waals surface area (Å²) in [5.41, 5.74) is 0.394. The van der Waals surface area contributed by atoms with Crippen molar-refractivity contribution in [2.24, 2.45) is 11.8 Å². The number of ether oxygens (including phenoxy) is 3. The summed E-state index contributed by atoms with van der Waals surface area (Å²) >= 11 is 0. The van der Waals surface area contributed by atoms with Crippen molar-refractivity contribution in [3.05, 3.63) is 23.8 Å². The van der Waals surface area contributed by atoms with Gasteiger partial charge in [0.15, 0.2) is 11.5 Å². The Bertz CT molecular complexity index is 1050. The van der Waals surface area contributed by atoms with Crippen LogP contribution in [0, 0.1) is 11.8 Å². The van der Waals surface area contributed by atoms with Crippen molar-refractivity contribution < 1.29 is 48.4 Å². The molecule has 2 fully saturated rings. The molecule has 0 aliphatic heterocycles. The van der Waals surface area contributed by atoms with Crippen LogP contribution in [0.1, 0.15) is 70.8 Å². The lowest BCUT2D eigenvalue weighted by molar-refractivity contribution is -0.158. The number of esters is 3. The lowest BCUT2D eigenvalue weighted by atomic mass is 9.85. The lowest BCUT2D eigenvalue weighted by Gasteiger charge is -2.30. The molecule has 2 saturated carbocycles. The molecule has 3 N–H and O–H groups in total. The van der Waals surface area contributed by atoms with Crippen molar-refractivity contribution in [1.29, 1.82) is 0 Å². The number of phenolic OH excluding ortho intramolecular Hbond substituents is 1. The summed E-state index contributed by atoms with van der Waals surface area (Å²) in [5, 5.41) is 22.7. The Balaban J connectivity index is 1.64. The highest BCUT2D eigenvalue weighted by molar-refractivity contribution is 5.86. The van der Waals surface area contributed by atoms with Gasteiger partial charge in [0.2, 0.25) is 5.91 Å². The summed E-state index contributed by atoms with van der Waals surface area (Å²) < 4.78 is 15.9. The predicted molar refractivity (Wildman–Crippen MR) is 132 cm³/mol. The largest absolute Gasteiger partial charge is 0.504 e. The quantitative estimate of drug-likeness (QED) is 0.317. The summed E-state index contributed by atoms with van der Waals surface area (Å²) in [6, 6.07) is 2.83. The molecule has 2 aliphatic carbocycles. The second kappa shape index (κ2) is 13.3. The van der Waals surface area contributed by atoms with E-state index in [4.69, 9.17) is 14.2 Å². The molecule has 11 heteroatoms. The summed E-state index contributed by atoms with van der Waals surface area (Å²) in [7, 11) is 0. The Morgan fingerprint density at radius 2 is 1.45 bits per heavy atom. The third-order valence-corrected chi connectivity index (χ3v) is 6.97. The molecule has 11 nitrogen and oxygen atoms in total. The average Bonchev–Trinajstić information content (AvgIpc) is 2.85. The van der Waals surface area contributed by atoms with E-state index in [2.05, 4.69) is 5.32 Å². The number of benzene rings is 1. The van der Waals surface area contributed by atoms with Gasteiger partial charge in [0.1, 0.15) is 18.2 Å². The zero-order chi connectivity index (χ0) is 27.8. The standard InChI is InChI=1S/C27H35NO10/c1-15(29)36-22-9-5-3-7-18(22)25(32)28-20(26(33)34)13-17-11-12-24(21(31)14-17)38-27(35)19-8-4-6-10-23(19)37-16(2)30/h11-12,14,18-20,22-23,31H,3-10,13H2,1-2H3,(H,28,32)(H,33,34)/t18?,19?,20-,22?,23?/m0/s1. The minimum atomic E-state index is -1.29. The zero-order valence-electron chi connectivity index (χ0n) is 21.6. The number of aliphatic carboxylic acids is 1. The van der Waals surface area contributed by atoms with E-state index in [0.29, 0.717) is 31.2 Å². The molecule has 0 heterocycles. The third kappa shape index (κ3) is 7.93. The first kappa shape index (κ1) is 28.9. The van der Waals surface area contributed by atoms with Crippen molar-refractivity contribution in [2.75, 3.05) is 0 Å². The van der Waals surface area contributed by atoms with Crippen LogP contribution in [0.15, 0.2) is 18.2 Å². The van der Waals surface area contributed by atoms with Crippen molar-refractivity contribution >= 4 is 29.8 Å². The van der Waals surface area contributed by atoms with Gasteiger partial charge in [-0.05, 0) is 56.2 Å². The van der Waals surface area contributed by atoms with E-state index in [9.17, 15) is 34.2 Å². The fourth-order valence-electron chi connectivity index (χ4n) is 5.15. The molecule has 1 aromatic carbocycles. The number of hydrogen-bond donors (Lipinski definition) is 3. The highest BCUT2D eigenvalue weighted by Crippen LogP contribution is 2.32. The van der Waals surface area contributed by atoms with Crippen LogP contribution >= 0.6 is 0 Å². The number of nitrogens with one attached hydrogen (secondary N) is 1. The van der Waals surface area contributed by atoms with Gasteiger partial charge in [-0.1, -0.05) is 18.9 Å². The topological polar surface area (TPSA) is 166 Å². The van der Waals surface area contributed by atoms with Gasteiger partial charge in [-0.3, -0.25) is 19.2 Å². The molecule has 1 amide bonds. The molecule has 0 aromatic heterocycles. The van der Waals surface area contributed by atoms with E-state index in [1.165, 1.54) is 32.0 Å². The Morgan fingerprint density at radius 1 is 0.895 bits per heavy atom. The van der Waals surface area contributed by atoms with Gasteiger partial charge in [0.05, 0.1) is 11.8 Å². The van der Waals surface area contributed by atoms with Gasteiger partial charge in [0, 0.05) is 20.3 Å². The van der Waals surface area contributed by atoms with Crippen LogP contribution in [0.2, 0.25) is 0 Å². The number of phenols is 1. The molecule has 4 unspecified atom stereocenters. The van der Waals surface area contributed by atoms with Gasteiger partial charge < -0.3 is 29.7 Å². The Labute approximate surface area is 220 Å². The Morgan fingerprint density at radius 3 is 2.00 bits per heavy atom. The normalized spacial score (nSPS) is 23.9. The summed E-state index contributed by atoms with van der Waals surface area (Å²) in [5.74, 6) is -5.12. The lowest BCUT2D eigenvalue weighted by Crippen LogP contribution is -2.48. The summed E-state index contributed by atoms with van der Waals surface area (Å²) in [4.78, 5) is 60.3. The highest BCUT2D eigenvalue weighted by Gasteiger charge is 2.36. The van der Waals surface area contributed by atoms with E-state index in [1.807, 2.05) is 0 Å². The number of amides is 1. The fourth-order valence-corrected chi connectivity index (χ4v) is 5.15. The first-order valence-corrected chi connectivity index (χ1v) is 13.0. The van der Waals surface area contributed by atoms with E-state index in [0.717, 1.165) is 25.7 Å².